The number of carbonyl (C=O) groups is 2. The number of nitrogens with one attached hydrogen (secondary N) is 1. The topological polar surface area (TPSA) is 140 Å². The van der Waals surface area contributed by atoms with Crippen LogP contribution in [-0.2, 0) is 18.3 Å². The minimum Gasteiger partial charge on any atom is -0.467 e. The molecule has 3 saturated heterocycles. The van der Waals surface area contributed by atoms with Gasteiger partial charge in [-0.15, -0.1) is 5.10 Å². The second-order valence-electron chi connectivity index (χ2n) is 16.1. The zero-order valence-electron chi connectivity index (χ0n) is 35.5. The number of halogens is 1. The largest absolute Gasteiger partial charge is 0.467 e. The summed E-state index contributed by atoms with van der Waals surface area (Å²) in [7, 11) is 3.03. The van der Waals surface area contributed by atoms with Crippen molar-refractivity contribution in [2.45, 2.75) is 50.9 Å². The molecule has 6 heterocycles. The first-order valence-corrected chi connectivity index (χ1v) is 21.2. The molecule has 1 atom stereocenters. The van der Waals surface area contributed by atoms with Crippen LogP contribution in [0.3, 0.4) is 0 Å². The quantitative estimate of drug-likeness (QED) is 0.138. The van der Waals surface area contributed by atoms with Crippen molar-refractivity contribution in [2.75, 3.05) is 48.0 Å². The van der Waals surface area contributed by atoms with Gasteiger partial charge in [-0.05, 0) is 109 Å². The van der Waals surface area contributed by atoms with E-state index in [1.54, 1.807) is 47.6 Å². The van der Waals surface area contributed by atoms with E-state index < -0.39 is 0 Å². The number of rotatable bonds is 11. The highest BCUT2D eigenvalue weighted by Crippen LogP contribution is 2.42. The Hall–Kier alpha value is -7.29. The van der Waals surface area contributed by atoms with Gasteiger partial charge in [-0.3, -0.25) is 19.6 Å². The Morgan fingerprint density at radius 2 is 1.68 bits per heavy atom. The molecule has 3 fully saturated rings. The van der Waals surface area contributed by atoms with Crippen molar-refractivity contribution in [1.29, 1.82) is 0 Å². The van der Waals surface area contributed by atoms with Gasteiger partial charge in [0, 0.05) is 68.5 Å². The molecule has 3 aliphatic rings. The predicted octanol–water partition coefficient (Wildman–Crippen LogP) is 7.87. The number of anilines is 3. The Balaban J connectivity index is 0.997. The number of aryl methyl sites for hydroxylation is 1. The second kappa shape index (κ2) is 17.2. The van der Waals surface area contributed by atoms with Gasteiger partial charge >= 0.3 is 17.7 Å². The average molecular weight is 850 g/mol. The van der Waals surface area contributed by atoms with Gasteiger partial charge < -0.3 is 19.7 Å². The molecule has 1 unspecified atom stereocenters. The van der Waals surface area contributed by atoms with E-state index in [0.717, 1.165) is 40.8 Å². The van der Waals surface area contributed by atoms with Crippen molar-refractivity contribution in [3.8, 4) is 34.3 Å². The normalized spacial score (nSPS) is 17.0. The Kier molecular flexibility index (Phi) is 11.2. The van der Waals surface area contributed by atoms with Gasteiger partial charge in [-0.25, -0.2) is 28.2 Å². The fourth-order valence-corrected chi connectivity index (χ4v) is 9.05. The summed E-state index contributed by atoms with van der Waals surface area (Å²) in [6, 6.07) is 24.2. The number of urea groups is 1. The maximum atomic E-state index is 15.6. The molecule has 0 aliphatic carbocycles. The molecule has 63 heavy (non-hydrogen) atoms. The van der Waals surface area contributed by atoms with E-state index in [0.29, 0.717) is 85.4 Å². The van der Waals surface area contributed by atoms with Gasteiger partial charge in [0.2, 0.25) is 5.91 Å². The van der Waals surface area contributed by atoms with E-state index in [-0.39, 0.29) is 41.3 Å². The maximum Gasteiger partial charge on any atom is 0.353 e. The summed E-state index contributed by atoms with van der Waals surface area (Å²) in [5, 5.41) is 7.05. The lowest BCUT2D eigenvalue weighted by Crippen LogP contribution is -2.34. The molecule has 9 rings (SSSR count). The molecule has 1 N–H and O–H groups in total. The number of pyridine rings is 2. The summed E-state index contributed by atoms with van der Waals surface area (Å²) in [6.07, 6.45) is 8.52. The van der Waals surface area contributed by atoms with Crippen LogP contribution < -0.4 is 35.2 Å². The van der Waals surface area contributed by atoms with Crippen LogP contribution in [-0.4, -0.2) is 69.5 Å². The van der Waals surface area contributed by atoms with E-state index in [1.807, 2.05) is 61.5 Å². The standard InChI is InChI=1S/C48H48FN9O5/c1-5-37-39(17-21-51-44(37)57-25-24-56(48(57)61)35-9-7-20-50-29-35)40-15-13-34(58-46(62-4)53-54(3)47(58)60)28-43(40)63-36-10-6-8-32(26-36)31-18-22-55(23-19-31)42-16-12-33(27-41(42)49)38-14-11-30(2)52-45(38)59/h6-10,12-13,15-17,20-21,26-29,31,38H,2,5,11,14,18-19,22-25H2,1,3-4H3,(H,52,59). The van der Waals surface area contributed by atoms with Crippen LogP contribution in [0.15, 0.2) is 115 Å². The minimum absolute atomic E-state index is 0.125. The van der Waals surface area contributed by atoms with E-state index >= 15 is 4.39 Å². The fourth-order valence-electron chi connectivity index (χ4n) is 9.05. The Bertz CT molecular complexity index is 2780. The smallest absolute Gasteiger partial charge is 0.353 e. The zero-order chi connectivity index (χ0) is 43.8. The van der Waals surface area contributed by atoms with Crippen molar-refractivity contribution in [2.24, 2.45) is 7.05 Å². The number of amides is 3. The molecule has 3 aromatic carbocycles. The lowest BCUT2D eigenvalue weighted by molar-refractivity contribution is -0.122. The molecule has 3 amide bonds. The van der Waals surface area contributed by atoms with Gasteiger partial charge in [-0.1, -0.05) is 31.7 Å². The summed E-state index contributed by atoms with van der Waals surface area (Å²) < 4.78 is 30.5. The number of nitrogens with zero attached hydrogens (tertiary/aromatic N) is 8. The fraction of sp³-hybridized carbons (Fsp3) is 0.292. The summed E-state index contributed by atoms with van der Waals surface area (Å²) in [5.41, 5.74) is 6.29. The third kappa shape index (κ3) is 7.90. The number of ether oxygens (including phenoxy) is 2. The summed E-state index contributed by atoms with van der Waals surface area (Å²) in [5.74, 6) is 0.996. The monoisotopic (exact) mass is 849 g/mol. The number of hydrogen-bond acceptors (Lipinski definition) is 9. The highest BCUT2D eigenvalue weighted by atomic mass is 19.1. The van der Waals surface area contributed by atoms with Crippen molar-refractivity contribution in [3.05, 3.63) is 143 Å². The van der Waals surface area contributed by atoms with E-state index in [9.17, 15) is 14.4 Å². The van der Waals surface area contributed by atoms with E-state index in [4.69, 9.17) is 14.5 Å². The molecule has 3 aromatic heterocycles. The van der Waals surface area contributed by atoms with Crippen molar-refractivity contribution < 1.29 is 23.5 Å². The molecular weight excluding hydrogens is 802 g/mol. The van der Waals surface area contributed by atoms with Gasteiger partial charge in [0.25, 0.3) is 0 Å². The number of carbonyl (C=O) groups excluding carboxylic acids is 2. The number of piperidine rings is 2. The SMILES string of the molecule is C=C1CCC(c2ccc(N3CCC(c4cccc(Oc5cc(-n6c(OC)nn(C)c6=O)ccc5-c5ccnc(N6CCN(c7cccnc7)C6=O)c5CC)c4)CC3)c(F)c2)C(=O)N1. The van der Waals surface area contributed by atoms with Crippen molar-refractivity contribution in [1.82, 2.24) is 29.6 Å². The van der Waals surface area contributed by atoms with Crippen LogP contribution >= 0.6 is 0 Å². The summed E-state index contributed by atoms with van der Waals surface area (Å²) in [4.78, 5) is 54.2. The maximum absolute atomic E-state index is 15.6. The molecule has 0 saturated carbocycles. The minimum atomic E-state index is -0.389. The summed E-state index contributed by atoms with van der Waals surface area (Å²) >= 11 is 0. The Labute approximate surface area is 364 Å². The molecule has 14 nitrogen and oxygen atoms in total. The van der Waals surface area contributed by atoms with Crippen LogP contribution in [0.4, 0.5) is 26.4 Å². The van der Waals surface area contributed by atoms with Crippen LogP contribution in [0, 0.1) is 5.82 Å². The molecule has 15 heteroatoms. The van der Waals surface area contributed by atoms with Crippen LogP contribution in [0.25, 0.3) is 16.8 Å². The predicted molar refractivity (Wildman–Crippen MR) is 239 cm³/mol. The first kappa shape index (κ1) is 41.1. The number of benzene rings is 3. The molecule has 0 bridgehead atoms. The first-order chi connectivity index (χ1) is 30.6. The third-order valence-corrected chi connectivity index (χ3v) is 12.3. The van der Waals surface area contributed by atoms with Crippen LogP contribution in [0.5, 0.6) is 17.5 Å². The number of allylic oxidation sites excluding steroid dienone is 1. The zero-order valence-corrected chi connectivity index (χ0v) is 35.5. The number of aromatic nitrogens is 5. The lowest BCUT2D eigenvalue weighted by atomic mass is 9.88. The van der Waals surface area contributed by atoms with Crippen molar-refractivity contribution >= 4 is 29.1 Å². The van der Waals surface area contributed by atoms with Crippen molar-refractivity contribution in [3.63, 3.8) is 0 Å². The second-order valence-corrected chi connectivity index (χ2v) is 16.1. The molecule has 0 radical (unpaired) electrons. The number of methoxy groups -OCH3 is 1. The van der Waals surface area contributed by atoms with E-state index in [2.05, 4.69) is 32.9 Å². The highest BCUT2D eigenvalue weighted by Gasteiger charge is 2.34. The first-order valence-electron chi connectivity index (χ1n) is 21.2. The lowest BCUT2D eigenvalue weighted by Gasteiger charge is -2.34. The molecule has 322 valence electrons. The van der Waals surface area contributed by atoms with Crippen LogP contribution in [0.1, 0.15) is 61.1 Å². The highest BCUT2D eigenvalue weighted by molar-refractivity contribution is 6.06. The Morgan fingerprint density at radius 3 is 2.43 bits per heavy atom. The molecule has 0 spiro atoms. The van der Waals surface area contributed by atoms with Gasteiger partial charge in [0.05, 0.1) is 36.3 Å². The molecule has 3 aliphatic heterocycles. The average Bonchev–Trinajstić information content (AvgIpc) is 3.83. The molecule has 6 aromatic rings. The molecular formula is C48H48FN9O5. The third-order valence-electron chi connectivity index (χ3n) is 12.3. The van der Waals surface area contributed by atoms with Crippen LogP contribution in [0.2, 0.25) is 0 Å². The number of hydrogen-bond donors (Lipinski definition) is 1. The van der Waals surface area contributed by atoms with Gasteiger partial charge in [0.1, 0.15) is 23.1 Å². The van der Waals surface area contributed by atoms with Gasteiger partial charge in [-0.2, -0.15) is 0 Å². The summed E-state index contributed by atoms with van der Waals surface area (Å²) in [6.45, 7) is 8.15. The Morgan fingerprint density at radius 1 is 0.857 bits per heavy atom. The van der Waals surface area contributed by atoms with Gasteiger partial charge in [0.15, 0.2) is 0 Å². The van der Waals surface area contributed by atoms with E-state index in [1.165, 1.54) is 22.4 Å².